The minimum atomic E-state index is 0. The van der Waals surface area contributed by atoms with E-state index >= 15 is 0 Å². The molecular formula is C17H18ClNO. The predicted molar refractivity (Wildman–Crippen MR) is 84.5 cm³/mol. The highest BCUT2D eigenvalue weighted by atomic mass is 35.5. The number of rotatable bonds is 4. The molecule has 0 aliphatic carbocycles. The summed E-state index contributed by atoms with van der Waals surface area (Å²) in [6, 6.07) is 20.8. The van der Waals surface area contributed by atoms with Gasteiger partial charge in [0.05, 0.1) is 5.71 Å². The van der Waals surface area contributed by atoms with Gasteiger partial charge in [0.25, 0.3) is 0 Å². The van der Waals surface area contributed by atoms with Gasteiger partial charge in [0.2, 0.25) is 0 Å². The maximum Gasteiger partial charge on any atom is 0.133 e. The molecule has 1 aliphatic heterocycles. The van der Waals surface area contributed by atoms with E-state index in [0.717, 1.165) is 25.0 Å². The lowest BCUT2D eigenvalue weighted by Crippen LogP contribution is -2.09. The molecule has 0 amide bonds. The highest BCUT2D eigenvalue weighted by Crippen LogP contribution is 2.20. The van der Waals surface area contributed by atoms with Crippen LogP contribution in [-0.4, -0.2) is 11.8 Å². The summed E-state index contributed by atoms with van der Waals surface area (Å²) in [5.41, 5.74) is 3.60. The average molecular weight is 288 g/mol. The van der Waals surface area contributed by atoms with Gasteiger partial charge in [0.1, 0.15) is 6.10 Å². The van der Waals surface area contributed by atoms with Crippen LogP contribution in [0.3, 0.4) is 0 Å². The van der Waals surface area contributed by atoms with E-state index in [1.54, 1.807) is 0 Å². The van der Waals surface area contributed by atoms with Crippen LogP contribution in [0.4, 0.5) is 0 Å². The van der Waals surface area contributed by atoms with Crippen LogP contribution in [-0.2, 0) is 11.3 Å². The molecular weight excluding hydrogens is 270 g/mol. The molecule has 1 atom stereocenters. The minimum Gasteiger partial charge on any atom is -0.392 e. The molecule has 3 rings (SSSR count). The zero-order valence-electron chi connectivity index (χ0n) is 11.2. The largest absolute Gasteiger partial charge is 0.392 e. The van der Waals surface area contributed by atoms with Crippen molar-refractivity contribution < 1.29 is 4.84 Å². The van der Waals surface area contributed by atoms with Gasteiger partial charge in [-0.1, -0.05) is 65.8 Å². The number of halogens is 1. The number of hydrogen-bond donors (Lipinski definition) is 0. The molecule has 0 radical (unpaired) electrons. The van der Waals surface area contributed by atoms with Gasteiger partial charge in [-0.3, -0.25) is 0 Å². The summed E-state index contributed by atoms with van der Waals surface area (Å²) in [6.07, 6.45) is 3.19. The highest BCUT2D eigenvalue weighted by molar-refractivity contribution is 6.01. The van der Waals surface area contributed by atoms with Crippen LogP contribution in [0.5, 0.6) is 0 Å². The van der Waals surface area contributed by atoms with Crippen molar-refractivity contribution in [3.8, 4) is 0 Å². The summed E-state index contributed by atoms with van der Waals surface area (Å²) in [7, 11) is 0. The van der Waals surface area contributed by atoms with E-state index in [1.165, 1.54) is 11.1 Å². The van der Waals surface area contributed by atoms with E-state index in [0.29, 0.717) is 0 Å². The zero-order chi connectivity index (χ0) is 12.9. The van der Waals surface area contributed by atoms with Crippen LogP contribution in [0.25, 0.3) is 0 Å². The van der Waals surface area contributed by atoms with Crippen molar-refractivity contribution in [1.82, 2.24) is 0 Å². The van der Waals surface area contributed by atoms with Gasteiger partial charge in [-0.2, -0.15) is 0 Å². The van der Waals surface area contributed by atoms with Gasteiger partial charge in [0.15, 0.2) is 0 Å². The number of oxime groups is 1. The number of aryl methyl sites for hydroxylation is 1. The van der Waals surface area contributed by atoms with Crippen LogP contribution >= 0.6 is 12.4 Å². The zero-order valence-corrected chi connectivity index (χ0v) is 12.1. The normalized spacial score (nSPS) is 17.0. The van der Waals surface area contributed by atoms with Gasteiger partial charge in [-0.15, -0.1) is 12.4 Å². The molecule has 2 aromatic carbocycles. The fraction of sp³-hybridized carbons (Fsp3) is 0.235. The fourth-order valence-electron chi connectivity index (χ4n) is 2.36. The number of hydrogen-bond acceptors (Lipinski definition) is 2. The molecule has 1 aliphatic rings. The van der Waals surface area contributed by atoms with Gasteiger partial charge in [-0.25, -0.2) is 0 Å². The monoisotopic (exact) mass is 287 g/mol. The first-order chi connectivity index (χ1) is 9.42. The molecule has 2 nitrogen and oxygen atoms in total. The van der Waals surface area contributed by atoms with Gasteiger partial charge in [0, 0.05) is 6.42 Å². The molecule has 104 valence electrons. The number of benzene rings is 2. The van der Waals surface area contributed by atoms with E-state index in [-0.39, 0.29) is 18.5 Å². The van der Waals surface area contributed by atoms with Crippen molar-refractivity contribution >= 4 is 18.1 Å². The molecule has 1 unspecified atom stereocenters. The van der Waals surface area contributed by atoms with Crippen molar-refractivity contribution in [1.29, 1.82) is 0 Å². The van der Waals surface area contributed by atoms with Crippen LogP contribution in [0.1, 0.15) is 24.0 Å². The second-order valence-corrected chi connectivity index (χ2v) is 4.86. The second kappa shape index (κ2) is 7.11. The first-order valence-corrected chi connectivity index (χ1v) is 6.74. The first-order valence-electron chi connectivity index (χ1n) is 6.74. The lowest BCUT2D eigenvalue weighted by molar-refractivity contribution is 0.0794. The Morgan fingerprint density at radius 2 is 1.60 bits per heavy atom. The maximum absolute atomic E-state index is 5.53. The summed E-state index contributed by atoms with van der Waals surface area (Å²) in [5.74, 6) is 0. The van der Waals surface area contributed by atoms with E-state index in [1.807, 2.05) is 24.3 Å². The van der Waals surface area contributed by atoms with Crippen molar-refractivity contribution in [3.05, 3.63) is 71.8 Å². The Bertz CT molecular complexity index is 554. The van der Waals surface area contributed by atoms with Crippen LogP contribution < -0.4 is 0 Å². The molecule has 0 bridgehead atoms. The van der Waals surface area contributed by atoms with E-state index in [2.05, 4.69) is 41.6 Å². The fourth-order valence-corrected chi connectivity index (χ4v) is 2.36. The molecule has 0 saturated carbocycles. The highest BCUT2D eigenvalue weighted by Gasteiger charge is 2.21. The minimum absolute atomic E-state index is 0. The molecule has 0 N–H and O–H groups in total. The third-order valence-corrected chi connectivity index (χ3v) is 3.44. The smallest absolute Gasteiger partial charge is 0.133 e. The average Bonchev–Trinajstić information content (AvgIpc) is 2.96. The Kier molecular flexibility index (Phi) is 5.19. The second-order valence-electron chi connectivity index (χ2n) is 4.86. The Morgan fingerprint density at radius 1 is 0.950 bits per heavy atom. The van der Waals surface area contributed by atoms with Crippen LogP contribution in [0.15, 0.2) is 65.8 Å². The molecule has 0 saturated heterocycles. The third-order valence-electron chi connectivity index (χ3n) is 3.44. The molecule has 3 heteroatoms. The van der Waals surface area contributed by atoms with Crippen LogP contribution in [0.2, 0.25) is 0 Å². The molecule has 0 aromatic heterocycles. The van der Waals surface area contributed by atoms with Crippen molar-refractivity contribution in [2.75, 3.05) is 0 Å². The summed E-state index contributed by atoms with van der Waals surface area (Å²) in [6.45, 7) is 0. The lowest BCUT2D eigenvalue weighted by atomic mass is 10.0. The molecule has 20 heavy (non-hydrogen) atoms. The van der Waals surface area contributed by atoms with Gasteiger partial charge >= 0.3 is 0 Å². The summed E-state index contributed by atoms with van der Waals surface area (Å²) in [5, 5.41) is 4.22. The third kappa shape index (κ3) is 3.61. The maximum atomic E-state index is 5.53. The predicted octanol–water partition coefficient (Wildman–Crippen LogP) is 4.23. The Labute approximate surface area is 125 Å². The SMILES string of the molecule is Cl.c1ccc(CCC2CC(c3ccccc3)=NO2)cc1. The first kappa shape index (κ1) is 14.6. The Morgan fingerprint density at radius 3 is 2.30 bits per heavy atom. The van der Waals surface area contributed by atoms with Crippen LogP contribution in [0, 0.1) is 0 Å². The molecule has 2 aromatic rings. The topological polar surface area (TPSA) is 21.6 Å². The summed E-state index contributed by atoms with van der Waals surface area (Å²) >= 11 is 0. The quantitative estimate of drug-likeness (QED) is 0.824. The summed E-state index contributed by atoms with van der Waals surface area (Å²) < 4.78 is 0. The van der Waals surface area contributed by atoms with E-state index in [9.17, 15) is 0 Å². The molecule has 0 spiro atoms. The Hall–Kier alpha value is -1.80. The van der Waals surface area contributed by atoms with Crippen molar-refractivity contribution in [3.63, 3.8) is 0 Å². The summed E-state index contributed by atoms with van der Waals surface area (Å²) in [4.78, 5) is 5.53. The van der Waals surface area contributed by atoms with E-state index in [4.69, 9.17) is 4.84 Å². The lowest BCUT2D eigenvalue weighted by Gasteiger charge is -2.07. The van der Waals surface area contributed by atoms with Crippen molar-refractivity contribution in [2.24, 2.45) is 5.16 Å². The number of nitrogens with zero attached hydrogens (tertiary/aromatic N) is 1. The van der Waals surface area contributed by atoms with Gasteiger partial charge < -0.3 is 4.84 Å². The molecule has 0 fully saturated rings. The standard InChI is InChI=1S/C17H17NO.ClH/c1-3-7-14(8-4-1)11-12-16-13-17(18-19-16)15-9-5-2-6-10-15;/h1-10,16H,11-13H2;1H. The van der Waals surface area contributed by atoms with E-state index < -0.39 is 0 Å². The Balaban J connectivity index is 0.00000147. The molecule has 1 heterocycles. The van der Waals surface area contributed by atoms with Gasteiger partial charge in [-0.05, 0) is 24.0 Å². The van der Waals surface area contributed by atoms with Crippen molar-refractivity contribution in [2.45, 2.75) is 25.4 Å².